The second-order valence-corrected chi connectivity index (χ2v) is 9.91. The van der Waals surface area contributed by atoms with Gasteiger partial charge in [-0.25, -0.2) is 0 Å². The molecule has 4 N–H and O–H groups in total. The van der Waals surface area contributed by atoms with Gasteiger partial charge < -0.3 is 11.5 Å². The lowest BCUT2D eigenvalue weighted by molar-refractivity contribution is -0.119. The fourth-order valence-corrected chi connectivity index (χ4v) is 3.93. The summed E-state index contributed by atoms with van der Waals surface area (Å²) in [5.74, 6) is -0.313. The van der Waals surface area contributed by atoms with Gasteiger partial charge in [-0.1, -0.05) is 148 Å². The fourth-order valence-electron chi connectivity index (χ4n) is 3.93. The SMILES string of the molecule is C=CC.CCCCCCCCCCCCCC(N)=O.CCCCCCCCCCCCCC(N)=O. The molecule has 4 heteroatoms. The first-order chi connectivity index (χ1) is 17.0. The van der Waals surface area contributed by atoms with Crippen LogP contribution in [0.1, 0.15) is 175 Å². The molecule has 0 atom stereocenters. The predicted octanol–water partition coefficient (Wildman–Crippen LogP) is 9.54. The molecule has 35 heavy (non-hydrogen) atoms. The Morgan fingerprint density at radius 3 is 0.829 bits per heavy atom. The zero-order valence-corrected chi connectivity index (χ0v) is 24.2. The number of nitrogens with two attached hydrogens (primary N) is 2. The Kier molecular flexibility index (Phi) is 40.7. The normalized spacial score (nSPS) is 10.0. The van der Waals surface area contributed by atoms with E-state index in [1.807, 2.05) is 6.92 Å². The monoisotopic (exact) mass is 496 g/mol. The maximum atomic E-state index is 10.5. The van der Waals surface area contributed by atoms with E-state index in [4.69, 9.17) is 11.5 Å². The van der Waals surface area contributed by atoms with Gasteiger partial charge in [0.25, 0.3) is 0 Å². The molecule has 0 saturated carbocycles. The Hall–Kier alpha value is -1.32. The lowest BCUT2D eigenvalue weighted by Crippen LogP contribution is -2.09. The van der Waals surface area contributed by atoms with Crippen LogP contribution in [0.3, 0.4) is 0 Å². The molecule has 0 unspecified atom stereocenters. The van der Waals surface area contributed by atoms with Gasteiger partial charge in [0.05, 0.1) is 0 Å². The molecular weight excluding hydrogens is 432 g/mol. The second kappa shape index (κ2) is 37.2. The lowest BCUT2D eigenvalue weighted by Gasteiger charge is -2.01. The summed E-state index contributed by atoms with van der Waals surface area (Å²) in [4.78, 5) is 21.0. The molecule has 0 aromatic carbocycles. The summed E-state index contributed by atoms with van der Waals surface area (Å²) in [5.41, 5.74) is 10.1. The van der Waals surface area contributed by atoms with E-state index in [0.717, 1.165) is 12.8 Å². The van der Waals surface area contributed by atoms with Crippen LogP contribution in [0, 0.1) is 0 Å². The molecule has 0 heterocycles. The van der Waals surface area contributed by atoms with Crippen molar-refractivity contribution in [2.24, 2.45) is 11.5 Å². The zero-order valence-electron chi connectivity index (χ0n) is 24.2. The summed E-state index contributed by atoms with van der Waals surface area (Å²) in [5, 5.41) is 0. The summed E-state index contributed by atoms with van der Waals surface area (Å²) < 4.78 is 0. The minimum Gasteiger partial charge on any atom is -0.370 e. The van der Waals surface area contributed by atoms with Crippen molar-refractivity contribution in [1.82, 2.24) is 0 Å². The highest BCUT2D eigenvalue weighted by Gasteiger charge is 1.96. The topological polar surface area (TPSA) is 86.2 Å². The third-order valence-corrected chi connectivity index (χ3v) is 6.05. The third-order valence-electron chi connectivity index (χ3n) is 6.05. The van der Waals surface area contributed by atoms with Gasteiger partial charge in [0, 0.05) is 12.8 Å². The number of allylic oxidation sites excluding steroid dienone is 1. The van der Waals surface area contributed by atoms with Crippen LogP contribution in [0.4, 0.5) is 0 Å². The van der Waals surface area contributed by atoms with E-state index in [1.54, 1.807) is 6.08 Å². The van der Waals surface area contributed by atoms with Crippen LogP contribution in [-0.2, 0) is 9.59 Å². The molecule has 0 saturated heterocycles. The summed E-state index contributed by atoms with van der Waals surface area (Å²) in [6, 6.07) is 0. The van der Waals surface area contributed by atoms with Gasteiger partial charge >= 0.3 is 0 Å². The number of rotatable bonds is 24. The van der Waals surface area contributed by atoms with Crippen LogP contribution < -0.4 is 11.5 Å². The van der Waals surface area contributed by atoms with E-state index < -0.39 is 0 Å². The second-order valence-electron chi connectivity index (χ2n) is 9.91. The van der Waals surface area contributed by atoms with Gasteiger partial charge in [0.2, 0.25) is 11.8 Å². The maximum absolute atomic E-state index is 10.5. The molecule has 210 valence electrons. The minimum absolute atomic E-state index is 0.157. The molecule has 4 nitrogen and oxygen atoms in total. The largest absolute Gasteiger partial charge is 0.370 e. The van der Waals surface area contributed by atoms with Crippen molar-refractivity contribution in [1.29, 1.82) is 0 Å². The summed E-state index contributed by atoms with van der Waals surface area (Å²) in [7, 11) is 0. The van der Waals surface area contributed by atoms with Crippen molar-refractivity contribution in [2.75, 3.05) is 0 Å². The molecule has 0 bridgehead atoms. The molecule has 0 aliphatic carbocycles. The molecular formula is C31H64N2O2. The van der Waals surface area contributed by atoms with E-state index in [1.165, 1.54) is 128 Å². The van der Waals surface area contributed by atoms with Gasteiger partial charge in [-0.05, 0) is 19.8 Å². The highest BCUT2D eigenvalue weighted by atomic mass is 16.1. The average molecular weight is 497 g/mol. The van der Waals surface area contributed by atoms with Crippen LogP contribution in [0.25, 0.3) is 0 Å². The molecule has 2 amide bonds. The number of primary amides is 2. The van der Waals surface area contributed by atoms with Crippen molar-refractivity contribution < 1.29 is 9.59 Å². The third kappa shape index (κ3) is 50.5. The van der Waals surface area contributed by atoms with Crippen LogP contribution in [0.15, 0.2) is 12.7 Å². The average Bonchev–Trinajstić information content (AvgIpc) is 2.81. The molecule has 0 fully saturated rings. The Bertz CT molecular complexity index is 388. The van der Waals surface area contributed by atoms with E-state index in [2.05, 4.69) is 20.4 Å². The van der Waals surface area contributed by atoms with Gasteiger partial charge in [-0.3, -0.25) is 9.59 Å². The lowest BCUT2D eigenvalue weighted by atomic mass is 10.1. The Labute approximate surface area is 220 Å². The zero-order chi connectivity index (χ0) is 26.8. The Balaban J connectivity index is -0.000000525. The number of hydrogen-bond acceptors (Lipinski definition) is 2. The molecule has 0 rings (SSSR count). The standard InChI is InChI=1S/2C14H29NO.C3H6/c2*1-2-3-4-5-6-7-8-9-10-11-12-13-14(15)16;1-3-2/h2*2-13H2,1H3,(H2,15,16);3H,1H2,2H3. The van der Waals surface area contributed by atoms with Crippen molar-refractivity contribution in [2.45, 2.75) is 175 Å². The Morgan fingerprint density at radius 2 is 0.657 bits per heavy atom. The number of unbranched alkanes of at least 4 members (excludes halogenated alkanes) is 20. The first kappa shape index (κ1) is 38.2. The molecule has 0 aliphatic heterocycles. The summed E-state index contributed by atoms with van der Waals surface area (Å²) >= 11 is 0. The molecule has 0 spiro atoms. The highest BCUT2D eigenvalue weighted by Crippen LogP contribution is 2.12. The van der Waals surface area contributed by atoms with Crippen molar-refractivity contribution in [3.63, 3.8) is 0 Å². The van der Waals surface area contributed by atoms with Gasteiger partial charge in [0.1, 0.15) is 0 Å². The predicted molar refractivity (Wildman–Crippen MR) is 156 cm³/mol. The van der Waals surface area contributed by atoms with Crippen LogP contribution in [0.5, 0.6) is 0 Å². The summed E-state index contributed by atoms with van der Waals surface area (Å²) in [6.07, 6.45) is 31.8. The number of carbonyl (C=O) groups excluding carboxylic acids is 2. The van der Waals surface area contributed by atoms with Gasteiger partial charge in [-0.2, -0.15) is 0 Å². The van der Waals surface area contributed by atoms with Gasteiger partial charge in [0.15, 0.2) is 0 Å². The van der Waals surface area contributed by atoms with E-state index in [-0.39, 0.29) is 11.8 Å². The number of carbonyl (C=O) groups is 2. The smallest absolute Gasteiger partial charge is 0.217 e. The maximum Gasteiger partial charge on any atom is 0.217 e. The van der Waals surface area contributed by atoms with E-state index in [0.29, 0.717) is 12.8 Å². The van der Waals surface area contributed by atoms with Crippen molar-refractivity contribution in [3.05, 3.63) is 12.7 Å². The van der Waals surface area contributed by atoms with Gasteiger partial charge in [-0.15, -0.1) is 6.58 Å². The molecule has 0 radical (unpaired) electrons. The fraction of sp³-hybridized carbons (Fsp3) is 0.871. The first-order valence-corrected chi connectivity index (χ1v) is 15.1. The number of hydrogen-bond donors (Lipinski definition) is 2. The van der Waals surface area contributed by atoms with Crippen molar-refractivity contribution in [3.8, 4) is 0 Å². The van der Waals surface area contributed by atoms with E-state index >= 15 is 0 Å². The van der Waals surface area contributed by atoms with Crippen molar-refractivity contribution >= 4 is 11.8 Å². The minimum atomic E-state index is -0.157. The highest BCUT2D eigenvalue weighted by molar-refractivity contribution is 5.73. The van der Waals surface area contributed by atoms with E-state index in [9.17, 15) is 9.59 Å². The molecule has 0 aliphatic rings. The first-order valence-electron chi connectivity index (χ1n) is 15.1. The quantitative estimate of drug-likeness (QED) is 0.103. The Morgan fingerprint density at radius 1 is 0.486 bits per heavy atom. The molecule has 0 aromatic rings. The van der Waals surface area contributed by atoms with Crippen LogP contribution >= 0.6 is 0 Å². The van der Waals surface area contributed by atoms with Crippen LogP contribution in [0.2, 0.25) is 0 Å². The number of amides is 2. The summed E-state index contributed by atoms with van der Waals surface area (Å²) in [6.45, 7) is 9.76. The van der Waals surface area contributed by atoms with Crippen LogP contribution in [-0.4, -0.2) is 11.8 Å². The molecule has 0 aromatic heterocycles.